The number of anilines is 1. The van der Waals surface area contributed by atoms with Crippen molar-refractivity contribution >= 4 is 27.0 Å². The lowest BCUT2D eigenvalue weighted by atomic mass is 10.1. The molecule has 0 aliphatic rings. The maximum atomic E-state index is 13.0. The van der Waals surface area contributed by atoms with Crippen molar-refractivity contribution in [3.05, 3.63) is 40.6 Å². The molecule has 0 spiro atoms. The molecule has 2 rings (SSSR count). The van der Waals surface area contributed by atoms with Crippen LogP contribution in [-0.2, 0) is 15.6 Å². The van der Waals surface area contributed by atoms with Gasteiger partial charge in [0.1, 0.15) is 15.7 Å². The molecule has 2 aromatic rings. The predicted octanol–water partition coefficient (Wildman–Crippen LogP) is 2.08. The summed E-state index contributed by atoms with van der Waals surface area (Å²) in [6.45, 7) is 3.40. The van der Waals surface area contributed by atoms with E-state index in [-0.39, 0.29) is 10.6 Å². The van der Waals surface area contributed by atoms with Gasteiger partial charge in [0.25, 0.3) is 0 Å². The van der Waals surface area contributed by atoms with Crippen molar-refractivity contribution in [3.63, 3.8) is 0 Å². The molecule has 0 atom stereocenters. The average Bonchev–Trinajstić information content (AvgIpc) is 2.80. The van der Waals surface area contributed by atoms with Crippen LogP contribution in [0.25, 0.3) is 0 Å². The monoisotopic (exact) mass is 315 g/mol. The van der Waals surface area contributed by atoms with Gasteiger partial charge < -0.3 is 5.73 Å². The number of nitrogens with one attached hydrogen (secondary N) is 1. The third kappa shape index (κ3) is 2.97. The Bertz CT molecular complexity index is 712. The third-order valence-electron chi connectivity index (χ3n) is 2.62. The molecular formula is C12H14FN3O2S2. The summed E-state index contributed by atoms with van der Waals surface area (Å²) < 4.78 is 40.2. The maximum Gasteiger partial charge on any atom is 0.243 e. The van der Waals surface area contributed by atoms with Gasteiger partial charge in [-0.25, -0.2) is 17.8 Å². The molecule has 0 fully saturated rings. The standard InChI is InChI=1S/C12H14FN3O2S2/c1-12(2,11-15-5-6-19-11)16-20(17,18)10-4-3-8(13)7-9(10)14/h3-7,16H,14H2,1-2H3. The second-order valence-electron chi connectivity index (χ2n) is 4.75. The summed E-state index contributed by atoms with van der Waals surface area (Å²) in [6.07, 6.45) is 1.60. The van der Waals surface area contributed by atoms with Crippen molar-refractivity contribution in [3.8, 4) is 0 Å². The number of halogens is 1. The Labute approximate surface area is 120 Å². The van der Waals surface area contributed by atoms with Crippen LogP contribution in [0.1, 0.15) is 18.9 Å². The number of nitrogens with two attached hydrogens (primary N) is 1. The van der Waals surface area contributed by atoms with Crippen molar-refractivity contribution in [2.75, 3.05) is 5.73 Å². The molecule has 1 aromatic heterocycles. The predicted molar refractivity (Wildman–Crippen MR) is 76.3 cm³/mol. The molecule has 0 aliphatic carbocycles. The van der Waals surface area contributed by atoms with Gasteiger partial charge in [0.2, 0.25) is 10.0 Å². The van der Waals surface area contributed by atoms with Gasteiger partial charge in [-0.15, -0.1) is 11.3 Å². The van der Waals surface area contributed by atoms with Gasteiger partial charge in [-0.3, -0.25) is 0 Å². The Kier molecular flexibility index (Phi) is 3.81. The molecule has 8 heteroatoms. The van der Waals surface area contributed by atoms with Gasteiger partial charge in [0.15, 0.2) is 0 Å². The molecule has 0 bridgehead atoms. The Balaban J connectivity index is 2.37. The molecule has 1 aromatic carbocycles. The van der Waals surface area contributed by atoms with Crippen LogP contribution in [-0.4, -0.2) is 13.4 Å². The summed E-state index contributed by atoms with van der Waals surface area (Å²) >= 11 is 1.34. The number of nitrogens with zero attached hydrogens (tertiary/aromatic N) is 1. The van der Waals surface area contributed by atoms with E-state index in [9.17, 15) is 12.8 Å². The lowest BCUT2D eigenvalue weighted by molar-refractivity contribution is 0.470. The highest BCUT2D eigenvalue weighted by atomic mass is 32.2. The second kappa shape index (κ2) is 5.12. The number of sulfonamides is 1. The lowest BCUT2D eigenvalue weighted by Crippen LogP contribution is -2.41. The highest BCUT2D eigenvalue weighted by molar-refractivity contribution is 7.89. The van der Waals surface area contributed by atoms with Crippen LogP contribution < -0.4 is 10.5 Å². The van der Waals surface area contributed by atoms with Crippen molar-refractivity contribution in [1.29, 1.82) is 0 Å². The fraction of sp³-hybridized carbons (Fsp3) is 0.250. The molecule has 108 valence electrons. The molecule has 0 unspecified atom stereocenters. The van der Waals surface area contributed by atoms with Crippen LogP contribution in [0.15, 0.2) is 34.7 Å². The molecule has 0 amide bonds. The molecule has 5 nitrogen and oxygen atoms in total. The molecule has 0 aliphatic heterocycles. The minimum absolute atomic E-state index is 0.132. The third-order valence-corrected chi connectivity index (χ3v) is 5.44. The van der Waals surface area contributed by atoms with Gasteiger partial charge in [0.05, 0.1) is 11.2 Å². The normalized spacial score (nSPS) is 12.6. The summed E-state index contributed by atoms with van der Waals surface area (Å²) in [4.78, 5) is 3.95. The van der Waals surface area contributed by atoms with E-state index in [2.05, 4.69) is 9.71 Å². The lowest BCUT2D eigenvalue weighted by Gasteiger charge is -2.23. The zero-order valence-electron chi connectivity index (χ0n) is 10.9. The van der Waals surface area contributed by atoms with E-state index in [0.29, 0.717) is 5.01 Å². The van der Waals surface area contributed by atoms with E-state index in [0.717, 1.165) is 18.2 Å². The molecule has 3 N–H and O–H groups in total. The Morgan fingerprint density at radius 2 is 2.10 bits per heavy atom. The van der Waals surface area contributed by atoms with E-state index in [1.165, 1.54) is 11.3 Å². The first-order valence-electron chi connectivity index (χ1n) is 5.71. The van der Waals surface area contributed by atoms with Crippen LogP contribution >= 0.6 is 11.3 Å². The summed E-state index contributed by atoms with van der Waals surface area (Å²) in [5, 5.41) is 2.39. The van der Waals surface area contributed by atoms with Gasteiger partial charge in [-0.2, -0.15) is 4.72 Å². The van der Waals surface area contributed by atoms with Crippen molar-refractivity contribution in [1.82, 2.24) is 9.71 Å². The fourth-order valence-electron chi connectivity index (χ4n) is 1.73. The molecule has 0 saturated heterocycles. The minimum atomic E-state index is -3.87. The Morgan fingerprint density at radius 1 is 1.40 bits per heavy atom. The molecule has 0 radical (unpaired) electrons. The largest absolute Gasteiger partial charge is 0.398 e. The number of aromatic nitrogens is 1. The first-order valence-corrected chi connectivity index (χ1v) is 8.08. The van der Waals surface area contributed by atoms with Gasteiger partial charge in [0, 0.05) is 11.6 Å². The fourth-order valence-corrected chi connectivity index (χ4v) is 4.01. The number of benzene rings is 1. The number of nitrogen functional groups attached to an aromatic ring is 1. The summed E-state index contributed by atoms with van der Waals surface area (Å²) in [6, 6.07) is 3.18. The van der Waals surface area contributed by atoms with E-state index < -0.39 is 21.4 Å². The molecule has 0 saturated carbocycles. The van der Waals surface area contributed by atoms with E-state index in [4.69, 9.17) is 5.73 Å². The Morgan fingerprint density at radius 3 is 2.65 bits per heavy atom. The number of rotatable bonds is 4. The van der Waals surface area contributed by atoms with Crippen molar-refractivity contribution in [2.24, 2.45) is 0 Å². The first kappa shape index (κ1) is 14.9. The SMILES string of the molecule is CC(C)(NS(=O)(=O)c1ccc(F)cc1N)c1nccs1. The van der Waals surface area contributed by atoms with E-state index >= 15 is 0 Å². The number of hydrogen-bond donors (Lipinski definition) is 2. The summed E-state index contributed by atoms with van der Waals surface area (Å²) in [5.74, 6) is -0.583. The van der Waals surface area contributed by atoms with Crippen LogP contribution in [0.5, 0.6) is 0 Å². The van der Waals surface area contributed by atoms with Crippen molar-refractivity contribution in [2.45, 2.75) is 24.3 Å². The maximum absolute atomic E-state index is 13.0. The summed E-state index contributed by atoms with van der Waals surface area (Å²) in [7, 11) is -3.87. The van der Waals surface area contributed by atoms with E-state index in [1.807, 2.05) is 0 Å². The van der Waals surface area contributed by atoms with Crippen LogP contribution in [0.3, 0.4) is 0 Å². The first-order chi connectivity index (χ1) is 9.22. The van der Waals surface area contributed by atoms with E-state index in [1.54, 1.807) is 25.4 Å². The van der Waals surface area contributed by atoms with Crippen LogP contribution in [0.4, 0.5) is 10.1 Å². The quantitative estimate of drug-likeness (QED) is 0.846. The highest BCUT2D eigenvalue weighted by Gasteiger charge is 2.31. The smallest absolute Gasteiger partial charge is 0.243 e. The minimum Gasteiger partial charge on any atom is -0.398 e. The average molecular weight is 315 g/mol. The zero-order chi connectivity index (χ0) is 15.0. The summed E-state index contributed by atoms with van der Waals surface area (Å²) in [5.41, 5.74) is 4.56. The molecular weight excluding hydrogens is 301 g/mol. The van der Waals surface area contributed by atoms with Gasteiger partial charge in [-0.05, 0) is 32.0 Å². The zero-order valence-corrected chi connectivity index (χ0v) is 12.6. The molecule has 1 heterocycles. The molecule has 20 heavy (non-hydrogen) atoms. The topological polar surface area (TPSA) is 85.1 Å². The number of thiazole rings is 1. The van der Waals surface area contributed by atoms with Gasteiger partial charge in [-0.1, -0.05) is 0 Å². The highest BCUT2D eigenvalue weighted by Crippen LogP contribution is 2.26. The van der Waals surface area contributed by atoms with Gasteiger partial charge >= 0.3 is 0 Å². The van der Waals surface area contributed by atoms with Crippen molar-refractivity contribution < 1.29 is 12.8 Å². The van der Waals surface area contributed by atoms with Crippen LogP contribution in [0.2, 0.25) is 0 Å². The number of hydrogen-bond acceptors (Lipinski definition) is 5. The second-order valence-corrected chi connectivity index (χ2v) is 7.30. The van der Waals surface area contributed by atoms with Crippen LogP contribution in [0, 0.1) is 5.82 Å². The Hall–Kier alpha value is -1.51.